The Morgan fingerprint density at radius 3 is 2.70 bits per heavy atom. The molecular weight excluding hydrogens is 308 g/mol. The molecule has 2 aromatic carbocycles. The fraction of sp³-hybridized carbons (Fsp3) is 0.278. The second kappa shape index (κ2) is 7.53. The smallest absolute Gasteiger partial charge is 0.237 e. The number of hydrogen-bond acceptors (Lipinski definition) is 4. The van der Waals surface area contributed by atoms with Crippen molar-refractivity contribution in [3.05, 3.63) is 60.2 Å². The maximum absolute atomic E-state index is 12.4. The van der Waals surface area contributed by atoms with Crippen molar-refractivity contribution in [3.8, 4) is 11.5 Å². The molecule has 1 aliphatic rings. The normalized spacial score (nSPS) is 21.3. The minimum atomic E-state index is -0.217. The average Bonchev–Trinajstić information content (AvgIpc) is 2.77. The molecule has 5 heteroatoms. The van der Waals surface area contributed by atoms with Gasteiger partial charge in [0.15, 0.2) is 0 Å². The molecule has 1 heterocycles. The number of para-hydroxylation sites is 1. The van der Waals surface area contributed by atoms with Crippen LogP contribution in [0.1, 0.15) is 17.2 Å². The number of amides is 1. The van der Waals surface area contributed by atoms with Crippen molar-refractivity contribution in [2.45, 2.75) is 17.7 Å². The van der Waals surface area contributed by atoms with Crippen molar-refractivity contribution in [1.82, 2.24) is 5.32 Å². The van der Waals surface area contributed by atoms with Crippen LogP contribution in [0, 0.1) is 0 Å². The van der Waals surface area contributed by atoms with E-state index in [2.05, 4.69) is 5.32 Å². The van der Waals surface area contributed by atoms with Crippen LogP contribution in [0.25, 0.3) is 0 Å². The molecule has 0 radical (unpaired) electrons. The molecule has 23 heavy (non-hydrogen) atoms. The molecule has 0 bridgehead atoms. The minimum absolute atomic E-state index is 0.0276. The Morgan fingerprint density at radius 1 is 1.13 bits per heavy atom. The lowest BCUT2D eigenvalue weighted by Crippen LogP contribution is -2.40. The van der Waals surface area contributed by atoms with Crippen LogP contribution in [0.15, 0.2) is 54.6 Å². The maximum Gasteiger partial charge on any atom is 0.237 e. The van der Waals surface area contributed by atoms with Gasteiger partial charge in [-0.3, -0.25) is 4.79 Å². The van der Waals surface area contributed by atoms with E-state index in [0.717, 1.165) is 29.2 Å². The third kappa shape index (κ3) is 4.06. The number of ether oxygens (including phenoxy) is 1. The highest BCUT2D eigenvalue weighted by Crippen LogP contribution is 2.34. The second-order valence-electron chi connectivity index (χ2n) is 5.47. The highest BCUT2D eigenvalue weighted by molar-refractivity contribution is 8.00. The van der Waals surface area contributed by atoms with E-state index in [0.29, 0.717) is 6.54 Å². The van der Waals surface area contributed by atoms with Crippen molar-refractivity contribution < 1.29 is 9.53 Å². The summed E-state index contributed by atoms with van der Waals surface area (Å²) >= 11 is 1.66. The molecule has 2 atom stereocenters. The number of benzene rings is 2. The van der Waals surface area contributed by atoms with E-state index in [1.807, 2.05) is 54.6 Å². The van der Waals surface area contributed by atoms with E-state index < -0.39 is 0 Å². The SMILES string of the molecule is NC[C@@H]1CCS[C@H](c2cccc(Oc3ccccc3)c2)C(=O)N1. The molecule has 0 saturated carbocycles. The Morgan fingerprint density at radius 2 is 1.91 bits per heavy atom. The summed E-state index contributed by atoms with van der Waals surface area (Å²) in [5, 5.41) is 2.80. The molecule has 0 unspecified atom stereocenters. The van der Waals surface area contributed by atoms with Gasteiger partial charge < -0.3 is 15.8 Å². The van der Waals surface area contributed by atoms with Gasteiger partial charge in [0.25, 0.3) is 0 Å². The van der Waals surface area contributed by atoms with Crippen molar-refractivity contribution in [2.75, 3.05) is 12.3 Å². The topological polar surface area (TPSA) is 64.3 Å². The van der Waals surface area contributed by atoms with Crippen LogP contribution in [-0.2, 0) is 4.79 Å². The fourth-order valence-electron chi connectivity index (χ4n) is 2.54. The molecule has 120 valence electrons. The van der Waals surface area contributed by atoms with Crippen LogP contribution < -0.4 is 15.8 Å². The summed E-state index contributed by atoms with van der Waals surface area (Å²) in [7, 11) is 0. The summed E-state index contributed by atoms with van der Waals surface area (Å²) in [6.45, 7) is 0.482. The van der Waals surface area contributed by atoms with Gasteiger partial charge in [0.05, 0.1) is 0 Å². The molecule has 1 amide bonds. The summed E-state index contributed by atoms with van der Waals surface area (Å²) in [6, 6.07) is 17.4. The first-order valence-electron chi connectivity index (χ1n) is 7.71. The molecule has 4 nitrogen and oxygen atoms in total. The lowest BCUT2D eigenvalue weighted by atomic mass is 10.1. The highest BCUT2D eigenvalue weighted by Gasteiger charge is 2.27. The molecule has 0 aromatic heterocycles. The summed E-state index contributed by atoms with van der Waals surface area (Å²) in [4.78, 5) is 12.4. The monoisotopic (exact) mass is 328 g/mol. The fourth-order valence-corrected chi connectivity index (χ4v) is 3.76. The molecular formula is C18H20N2O2S. The maximum atomic E-state index is 12.4. The van der Waals surface area contributed by atoms with Crippen LogP contribution in [0.2, 0.25) is 0 Å². The van der Waals surface area contributed by atoms with Gasteiger partial charge in [0, 0.05) is 12.6 Å². The Kier molecular flexibility index (Phi) is 5.20. The molecule has 1 fully saturated rings. The highest BCUT2D eigenvalue weighted by atomic mass is 32.2. The minimum Gasteiger partial charge on any atom is -0.457 e. The number of hydrogen-bond donors (Lipinski definition) is 2. The van der Waals surface area contributed by atoms with E-state index in [4.69, 9.17) is 10.5 Å². The van der Waals surface area contributed by atoms with Crippen LogP contribution in [0.3, 0.4) is 0 Å². The van der Waals surface area contributed by atoms with Gasteiger partial charge in [-0.25, -0.2) is 0 Å². The van der Waals surface area contributed by atoms with E-state index in [1.165, 1.54) is 0 Å². The van der Waals surface area contributed by atoms with Gasteiger partial charge in [0.2, 0.25) is 5.91 Å². The molecule has 0 aliphatic carbocycles. The van der Waals surface area contributed by atoms with E-state index in [1.54, 1.807) is 11.8 Å². The number of nitrogens with one attached hydrogen (secondary N) is 1. The molecule has 0 spiro atoms. The third-order valence-corrected chi connectivity index (χ3v) is 5.05. The van der Waals surface area contributed by atoms with Crippen molar-refractivity contribution in [2.24, 2.45) is 5.73 Å². The largest absolute Gasteiger partial charge is 0.457 e. The predicted octanol–water partition coefficient (Wildman–Crippen LogP) is 3.10. The zero-order chi connectivity index (χ0) is 16.1. The summed E-state index contributed by atoms with van der Waals surface area (Å²) < 4.78 is 5.86. The Balaban J connectivity index is 1.77. The number of carbonyl (C=O) groups excluding carboxylic acids is 1. The molecule has 3 rings (SSSR count). The van der Waals surface area contributed by atoms with E-state index >= 15 is 0 Å². The van der Waals surface area contributed by atoms with Crippen LogP contribution >= 0.6 is 11.8 Å². The number of rotatable bonds is 4. The number of carbonyl (C=O) groups is 1. The third-order valence-electron chi connectivity index (χ3n) is 3.76. The summed E-state index contributed by atoms with van der Waals surface area (Å²) in [5.74, 6) is 2.46. The Hall–Kier alpha value is -1.98. The van der Waals surface area contributed by atoms with E-state index in [9.17, 15) is 4.79 Å². The van der Waals surface area contributed by atoms with Crippen LogP contribution in [0.5, 0.6) is 11.5 Å². The first-order valence-corrected chi connectivity index (χ1v) is 8.76. The quantitative estimate of drug-likeness (QED) is 0.905. The standard InChI is InChI=1S/C18H20N2O2S/c19-12-14-9-10-23-17(18(21)20-14)13-5-4-8-16(11-13)22-15-6-2-1-3-7-15/h1-8,11,14,17H,9-10,12,19H2,(H,20,21)/t14-,17+/m0/s1. The van der Waals surface area contributed by atoms with Gasteiger partial charge in [-0.1, -0.05) is 30.3 Å². The van der Waals surface area contributed by atoms with Crippen molar-refractivity contribution in [3.63, 3.8) is 0 Å². The Bertz CT molecular complexity index is 663. The zero-order valence-corrected chi connectivity index (χ0v) is 13.6. The summed E-state index contributed by atoms with van der Waals surface area (Å²) in [5.41, 5.74) is 6.64. The molecule has 2 aromatic rings. The number of thioether (sulfide) groups is 1. The first kappa shape index (κ1) is 15.9. The molecule has 1 aliphatic heterocycles. The summed E-state index contributed by atoms with van der Waals surface area (Å²) in [6.07, 6.45) is 0.906. The molecule has 3 N–H and O–H groups in total. The predicted molar refractivity (Wildman–Crippen MR) is 93.8 cm³/mol. The average molecular weight is 328 g/mol. The van der Waals surface area contributed by atoms with Crippen LogP contribution in [-0.4, -0.2) is 24.2 Å². The second-order valence-corrected chi connectivity index (χ2v) is 6.68. The van der Waals surface area contributed by atoms with Crippen molar-refractivity contribution in [1.29, 1.82) is 0 Å². The first-order chi connectivity index (χ1) is 11.3. The van der Waals surface area contributed by atoms with Gasteiger partial charge in [0.1, 0.15) is 16.7 Å². The van der Waals surface area contributed by atoms with Gasteiger partial charge in [-0.15, -0.1) is 11.8 Å². The van der Waals surface area contributed by atoms with E-state index in [-0.39, 0.29) is 17.2 Å². The van der Waals surface area contributed by atoms with Gasteiger partial charge in [-0.05, 0) is 42.0 Å². The zero-order valence-electron chi connectivity index (χ0n) is 12.8. The number of nitrogens with two attached hydrogens (primary N) is 1. The van der Waals surface area contributed by atoms with Gasteiger partial charge >= 0.3 is 0 Å². The van der Waals surface area contributed by atoms with Gasteiger partial charge in [-0.2, -0.15) is 0 Å². The molecule has 1 saturated heterocycles. The lowest BCUT2D eigenvalue weighted by molar-refractivity contribution is -0.121. The lowest BCUT2D eigenvalue weighted by Gasteiger charge is -2.16. The van der Waals surface area contributed by atoms with Crippen molar-refractivity contribution >= 4 is 17.7 Å². The van der Waals surface area contributed by atoms with Crippen LogP contribution in [0.4, 0.5) is 0 Å². The Labute approximate surface area is 140 Å².